The molecule has 0 aliphatic carbocycles. The molecule has 1 aliphatic rings. The normalized spacial score (nSPS) is 12.6. The minimum absolute atomic E-state index is 0.190. The molecule has 0 spiro atoms. The Bertz CT molecular complexity index is 1560. The Morgan fingerprint density at radius 3 is 2.41 bits per heavy atom. The van der Waals surface area contributed by atoms with E-state index in [9.17, 15) is 14.4 Å². The zero-order valence-corrected chi connectivity index (χ0v) is 20.7. The monoisotopic (exact) mass is 497 g/mol. The Morgan fingerprint density at radius 1 is 0.892 bits per heavy atom. The number of hydrogen-bond donors (Lipinski definition) is 1. The maximum absolute atomic E-state index is 13.5. The van der Waals surface area contributed by atoms with E-state index in [-0.39, 0.29) is 18.4 Å². The van der Waals surface area contributed by atoms with Gasteiger partial charge < -0.3 is 19.7 Å². The molecule has 2 heterocycles. The van der Waals surface area contributed by atoms with E-state index in [0.717, 1.165) is 12.0 Å². The molecule has 1 aromatic heterocycles. The van der Waals surface area contributed by atoms with Crippen LogP contribution in [0.4, 0.5) is 5.69 Å². The summed E-state index contributed by atoms with van der Waals surface area (Å²) in [5, 5.41) is 3.43. The molecule has 0 bridgehead atoms. The van der Waals surface area contributed by atoms with Gasteiger partial charge >= 0.3 is 0 Å². The summed E-state index contributed by atoms with van der Waals surface area (Å²) >= 11 is 0. The molecule has 3 aromatic carbocycles. The number of anilines is 1. The molecule has 4 aromatic rings. The molecule has 37 heavy (non-hydrogen) atoms. The van der Waals surface area contributed by atoms with Crippen molar-refractivity contribution in [1.82, 2.24) is 9.47 Å². The first kappa shape index (κ1) is 24.1. The number of hydrogen-bond acceptors (Lipinski definition) is 5. The second kappa shape index (κ2) is 10.2. The molecule has 8 heteroatoms. The molecule has 5 rings (SSSR count). The average molecular weight is 498 g/mol. The predicted molar refractivity (Wildman–Crippen MR) is 141 cm³/mol. The van der Waals surface area contributed by atoms with Crippen molar-refractivity contribution in [2.75, 3.05) is 26.1 Å². The molecule has 1 aliphatic heterocycles. The number of ether oxygens (including phenoxy) is 2. The highest BCUT2D eigenvalue weighted by atomic mass is 16.5. The number of fused-ring (bicyclic) bond motifs is 2. The second-order valence-electron chi connectivity index (χ2n) is 8.86. The maximum atomic E-state index is 13.5. The molecular formula is C29H27N3O5. The van der Waals surface area contributed by atoms with Crippen LogP contribution in [0, 0.1) is 0 Å². The van der Waals surface area contributed by atoms with Crippen LogP contribution < -0.4 is 20.3 Å². The predicted octanol–water partition coefficient (Wildman–Crippen LogP) is 3.86. The van der Waals surface area contributed by atoms with Crippen molar-refractivity contribution in [3.8, 4) is 11.5 Å². The number of benzene rings is 3. The highest BCUT2D eigenvalue weighted by Gasteiger charge is 2.24. The van der Waals surface area contributed by atoms with Crippen LogP contribution in [0.3, 0.4) is 0 Å². The van der Waals surface area contributed by atoms with E-state index in [0.29, 0.717) is 46.7 Å². The minimum atomic E-state index is -0.415. The standard InChI is InChI=1S/C29H27N3O5/c1-36-25-12-11-21(15-26(25)37-2)30-27(33)18-32-24-10-6-5-9-22(24)23(16-28(32)34)29(35)31-14-13-19-7-3-4-8-20(19)17-31/h3-12,15-16H,13-14,17-18H2,1-2H3,(H,30,33). The van der Waals surface area contributed by atoms with Gasteiger partial charge in [0, 0.05) is 36.3 Å². The maximum Gasteiger partial charge on any atom is 0.255 e. The lowest BCUT2D eigenvalue weighted by Crippen LogP contribution is -2.37. The molecule has 8 nitrogen and oxygen atoms in total. The third-order valence-electron chi connectivity index (χ3n) is 6.64. The fourth-order valence-electron chi connectivity index (χ4n) is 4.77. The van der Waals surface area contributed by atoms with Crippen molar-refractivity contribution in [1.29, 1.82) is 0 Å². The Balaban J connectivity index is 1.42. The molecular weight excluding hydrogens is 470 g/mol. The Labute approximate surface area is 214 Å². The van der Waals surface area contributed by atoms with Crippen LogP contribution in [0.25, 0.3) is 10.9 Å². The molecule has 0 saturated heterocycles. The van der Waals surface area contributed by atoms with Crippen molar-refractivity contribution in [2.24, 2.45) is 0 Å². The van der Waals surface area contributed by atoms with Crippen LogP contribution in [0.2, 0.25) is 0 Å². The topological polar surface area (TPSA) is 89.9 Å². The summed E-state index contributed by atoms with van der Waals surface area (Å²) in [4.78, 5) is 41.4. The largest absolute Gasteiger partial charge is 0.493 e. The molecule has 1 N–H and O–H groups in total. The number of nitrogens with one attached hydrogen (secondary N) is 1. The number of amides is 2. The number of carbonyl (C=O) groups excluding carboxylic acids is 2. The lowest BCUT2D eigenvalue weighted by atomic mass is 9.98. The van der Waals surface area contributed by atoms with Gasteiger partial charge in [-0.25, -0.2) is 0 Å². The summed E-state index contributed by atoms with van der Waals surface area (Å²) in [6.07, 6.45) is 0.771. The van der Waals surface area contributed by atoms with Crippen LogP contribution in [-0.2, 0) is 24.3 Å². The van der Waals surface area contributed by atoms with Gasteiger partial charge in [-0.15, -0.1) is 0 Å². The molecule has 0 fully saturated rings. The fraction of sp³-hybridized carbons (Fsp3) is 0.207. The summed E-state index contributed by atoms with van der Waals surface area (Å²) in [5.41, 5.74) is 3.33. The fourth-order valence-corrected chi connectivity index (χ4v) is 4.77. The first-order chi connectivity index (χ1) is 18.0. The first-order valence-corrected chi connectivity index (χ1v) is 12.0. The number of methoxy groups -OCH3 is 2. The van der Waals surface area contributed by atoms with Gasteiger partial charge in [-0.2, -0.15) is 0 Å². The van der Waals surface area contributed by atoms with Gasteiger partial charge in [0.1, 0.15) is 6.54 Å². The van der Waals surface area contributed by atoms with Gasteiger partial charge in [-0.05, 0) is 35.7 Å². The van der Waals surface area contributed by atoms with E-state index in [1.54, 1.807) is 35.2 Å². The van der Waals surface area contributed by atoms with Gasteiger partial charge in [0.25, 0.3) is 11.5 Å². The van der Waals surface area contributed by atoms with Gasteiger partial charge in [-0.3, -0.25) is 19.0 Å². The van der Waals surface area contributed by atoms with E-state index in [1.807, 2.05) is 30.3 Å². The summed E-state index contributed by atoms with van der Waals surface area (Å²) in [6.45, 7) is 0.875. The van der Waals surface area contributed by atoms with Crippen molar-refractivity contribution in [3.05, 3.63) is 99.8 Å². The van der Waals surface area contributed by atoms with Gasteiger partial charge in [-0.1, -0.05) is 42.5 Å². The zero-order chi connectivity index (χ0) is 25.9. The molecule has 0 radical (unpaired) electrons. The number of rotatable bonds is 6. The number of pyridine rings is 1. The number of carbonyl (C=O) groups is 2. The summed E-state index contributed by atoms with van der Waals surface area (Å²) in [7, 11) is 3.05. The van der Waals surface area contributed by atoms with E-state index < -0.39 is 5.56 Å². The first-order valence-electron chi connectivity index (χ1n) is 12.0. The highest BCUT2D eigenvalue weighted by molar-refractivity contribution is 6.06. The lowest BCUT2D eigenvalue weighted by molar-refractivity contribution is -0.116. The van der Waals surface area contributed by atoms with Crippen LogP contribution in [-0.4, -0.2) is 42.0 Å². The Morgan fingerprint density at radius 2 is 1.62 bits per heavy atom. The average Bonchev–Trinajstić information content (AvgIpc) is 2.93. The van der Waals surface area contributed by atoms with Crippen molar-refractivity contribution < 1.29 is 19.1 Å². The van der Waals surface area contributed by atoms with E-state index >= 15 is 0 Å². The molecule has 2 amide bonds. The summed E-state index contributed by atoms with van der Waals surface area (Å²) < 4.78 is 11.9. The summed E-state index contributed by atoms with van der Waals surface area (Å²) in [6, 6.07) is 21.6. The quantitative estimate of drug-likeness (QED) is 0.437. The highest BCUT2D eigenvalue weighted by Crippen LogP contribution is 2.30. The van der Waals surface area contributed by atoms with Gasteiger partial charge in [0.05, 0.1) is 25.3 Å². The third kappa shape index (κ3) is 4.78. The van der Waals surface area contributed by atoms with Gasteiger partial charge in [0.15, 0.2) is 11.5 Å². The van der Waals surface area contributed by atoms with Gasteiger partial charge in [0.2, 0.25) is 5.91 Å². The second-order valence-corrected chi connectivity index (χ2v) is 8.86. The Kier molecular flexibility index (Phi) is 6.64. The smallest absolute Gasteiger partial charge is 0.255 e. The van der Waals surface area contributed by atoms with Crippen molar-refractivity contribution in [3.63, 3.8) is 0 Å². The van der Waals surface area contributed by atoms with Crippen LogP contribution in [0.1, 0.15) is 21.5 Å². The number of nitrogens with zero attached hydrogens (tertiary/aromatic N) is 2. The van der Waals surface area contributed by atoms with Crippen LogP contribution in [0.5, 0.6) is 11.5 Å². The Hall–Kier alpha value is -4.59. The van der Waals surface area contributed by atoms with E-state index in [2.05, 4.69) is 11.4 Å². The van der Waals surface area contributed by atoms with Crippen LogP contribution in [0.15, 0.2) is 77.6 Å². The lowest BCUT2D eigenvalue weighted by Gasteiger charge is -2.29. The van der Waals surface area contributed by atoms with E-state index in [1.165, 1.54) is 30.4 Å². The number of para-hydroxylation sites is 1. The molecule has 188 valence electrons. The molecule has 0 saturated carbocycles. The third-order valence-corrected chi connectivity index (χ3v) is 6.64. The molecule has 0 atom stereocenters. The minimum Gasteiger partial charge on any atom is -0.493 e. The van der Waals surface area contributed by atoms with E-state index in [4.69, 9.17) is 9.47 Å². The van der Waals surface area contributed by atoms with Crippen molar-refractivity contribution in [2.45, 2.75) is 19.5 Å². The zero-order valence-electron chi connectivity index (χ0n) is 20.7. The van der Waals surface area contributed by atoms with Crippen molar-refractivity contribution >= 4 is 28.4 Å². The summed E-state index contributed by atoms with van der Waals surface area (Å²) in [5.74, 6) is 0.446. The SMILES string of the molecule is COc1ccc(NC(=O)Cn2c(=O)cc(C(=O)N3CCc4ccccc4C3)c3ccccc32)cc1OC. The van der Waals surface area contributed by atoms with Crippen LogP contribution >= 0.6 is 0 Å². The number of aromatic nitrogens is 1. The molecule has 0 unspecified atom stereocenters.